The number of aromatic nitrogens is 4. The standard InChI is InChI=1S/C18H10ClF6N5O/c19-11-5-10(9-1-2-12(20)28-6-9)7-29-14(11)17(21,22)8-30-16(31)13-15(18(23,24)25)27-4-3-26-13/h1-7H,8H2,(H,30,31). The number of carbonyl (C=O) groups excluding carboxylic acids is 1. The van der Waals surface area contributed by atoms with Crippen LogP contribution in [-0.2, 0) is 12.1 Å². The zero-order valence-corrected chi connectivity index (χ0v) is 15.8. The summed E-state index contributed by atoms with van der Waals surface area (Å²) in [6.45, 7) is -1.40. The summed E-state index contributed by atoms with van der Waals surface area (Å²) < 4.78 is 80.7. The fourth-order valence-electron chi connectivity index (χ4n) is 2.48. The lowest BCUT2D eigenvalue weighted by molar-refractivity contribution is -0.141. The van der Waals surface area contributed by atoms with Crippen LogP contribution in [0.1, 0.15) is 21.9 Å². The molecule has 0 spiro atoms. The van der Waals surface area contributed by atoms with Crippen molar-refractivity contribution in [2.75, 3.05) is 6.54 Å². The first-order valence-corrected chi connectivity index (χ1v) is 8.69. The lowest BCUT2D eigenvalue weighted by Crippen LogP contribution is -2.37. The minimum atomic E-state index is -5.00. The van der Waals surface area contributed by atoms with Gasteiger partial charge in [0, 0.05) is 35.9 Å². The van der Waals surface area contributed by atoms with Gasteiger partial charge in [0.05, 0.1) is 11.6 Å². The molecule has 0 unspecified atom stereocenters. The van der Waals surface area contributed by atoms with Crippen molar-refractivity contribution in [3.63, 3.8) is 0 Å². The van der Waals surface area contributed by atoms with Gasteiger partial charge in [0.2, 0.25) is 5.95 Å². The summed E-state index contributed by atoms with van der Waals surface area (Å²) >= 11 is 5.89. The van der Waals surface area contributed by atoms with Gasteiger partial charge in [0.25, 0.3) is 5.91 Å². The number of amides is 1. The van der Waals surface area contributed by atoms with Crippen molar-refractivity contribution in [1.82, 2.24) is 25.3 Å². The van der Waals surface area contributed by atoms with Gasteiger partial charge < -0.3 is 5.32 Å². The maximum absolute atomic E-state index is 14.5. The predicted octanol–water partition coefficient (Wildman–Crippen LogP) is 4.27. The van der Waals surface area contributed by atoms with E-state index in [1.54, 1.807) is 5.32 Å². The van der Waals surface area contributed by atoms with Crippen molar-refractivity contribution < 1.29 is 31.1 Å². The third kappa shape index (κ3) is 5.08. The van der Waals surface area contributed by atoms with Crippen LogP contribution in [0.3, 0.4) is 0 Å². The third-order valence-corrected chi connectivity index (χ3v) is 4.19. The van der Waals surface area contributed by atoms with E-state index in [9.17, 15) is 31.1 Å². The number of hydrogen-bond acceptors (Lipinski definition) is 5. The second kappa shape index (κ2) is 8.46. The molecule has 0 aliphatic rings. The molecule has 0 saturated carbocycles. The molecule has 6 nitrogen and oxygen atoms in total. The van der Waals surface area contributed by atoms with E-state index in [0.717, 1.165) is 36.9 Å². The average molecular weight is 462 g/mol. The van der Waals surface area contributed by atoms with Crippen molar-refractivity contribution >= 4 is 17.5 Å². The first kappa shape index (κ1) is 22.4. The largest absolute Gasteiger partial charge is 0.435 e. The van der Waals surface area contributed by atoms with E-state index in [4.69, 9.17) is 11.6 Å². The highest BCUT2D eigenvalue weighted by Crippen LogP contribution is 2.34. The molecule has 1 N–H and O–H groups in total. The zero-order chi connectivity index (χ0) is 22.8. The first-order chi connectivity index (χ1) is 14.5. The van der Waals surface area contributed by atoms with Gasteiger partial charge in [0.1, 0.15) is 5.69 Å². The summed E-state index contributed by atoms with van der Waals surface area (Å²) in [5.41, 5.74) is -3.03. The summed E-state index contributed by atoms with van der Waals surface area (Å²) in [5, 5.41) is 1.21. The molecule has 0 bridgehead atoms. The number of hydrogen-bond donors (Lipinski definition) is 1. The Kier molecular flexibility index (Phi) is 6.11. The number of alkyl halides is 5. The number of carbonyl (C=O) groups is 1. The van der Waals surface area contributed by atoms with E-state index in [2.05, 4.69) is 19.9 Å². The highest BCUT2D eigenvalue weighted by atomic mass is 35.5. The van der Waals surface area contributed by atoms with Crippen LogP contribution in [0.2, 0.25) is 5.02 Å². The Labute approximate surface area is 175 Å². The predicted molar refractivity (Wildman–Crippen MR) is 95.7 cm³/mol. The molecule has 0 aliphatic heterocycles. The Bertz CT molecular complexity index is 1110. The molecular weight excluding hydrogens is 452 g/mol. The van der Waals surface area contributed by atoms with E-state index in [1.807, 2.05) is 0 Å². The van der Waals surface area contributed by atoms with Gasteiger partial charge in [-0.15, -0.1) is 0 Å². The molecule has 0 radical (unpaired) electrons. The van der Waals surface area contributed by atoms with E-state index in [-0.39, 0.29) is 5.56 Å². The van der Waals surface area contributed by atoms with Gasteiger partial charge in [-0.25, -0.2) is 15.0 Å². The van der Waals surface area contributed by atoms with Crippen molar-refractivity contribution in [3.8, 4) is 11.1 Å². The van der Waals surface area contributed by atoms with Crippen molar-refractivity contribution in [1.29, 1.82) is 0 Å². The summed E-state index contributed by atoms with van der Waals surface area (Å²) in [5.74, 6) is -6.06. The molecule has 3 aromatic rings. The van der Waals surface area contributed by atoms with Crippen molar-refractivity contribution in [2.45, 2.75) is 12.1 Å². The van der Waals surface area contributed by atoms with Crippen LogP contribution in [0.25, 0.3) is 11.1 Å². The lowest BCUT2D eigenvalue weighted by atomic mass is 10.1. The summed E-state index contributed by atoms with van der Waals surface area (Å²) in [7, 11) is 0. The van der Waals surface area contributed by atoms with Crippen LogP contribution in [0.4, 0.5) is 26.3 Å². The van der Waals surface area contributed by atoms with E-state index in [0.29, 0.717) is 5.56 Å². The zero-order valence-electron chi connectivity index (χ0n) is 15.1. The van der Waals surface area contributed by atoms with Gasteiger partial charge >= 0.3 is 12.1 Å². The Hall–Kier alpha value is -3.28. The Morgan fingerprint density at radius 1 is 0.935 bits per heavy atom. The minimum absolute atomic E-state index is 0.274. The van der Waals surface area contributed by atoms with Crippen molar-refractivity contribution in [3.05, 3.63) is 71.0 Å². The normalized spacial score (nSPS) is 12.0. The summed E-state index contributed by atoms with van der Waals surface area (Å²) in [6.07, 6.45) is -1.27. The quantitative estimate of drug-likeness (QED) is 0.453. The third-order valence-electron chi connectivity index (χ3n) is 3.90. The van der Waals surface area contributed by atoms with Crippen molar-refractivity contribution in [2.24, 2.45) is 0 Å². The molecule has 3 heterocycles. The van der Waals surface area contributed by atoms with Gasteiger partial charge in [0.15, 0.2) is 11.4 Å². The van der Waals surface area contributed by atoms with Crippen LogP contribution in [0.15, 0.2) is 43.0 Å². The number of halogens is 7. The Balaban J connectivity index is 1.78. The molecule has 13 heteroatoms. The number of rotatable bonds is 5. The minimum Gasteiger partial charge on any atom is -0.344 e. The molecule has 3 rings (SSSR count). The average Bonchev–Trinajstić information content (AvgIpc) is 2.71. The van der Waals surface area contributed by atoms with E-state index in [1.165, 1.54) is 6.07 Å². The second-order valence-corrected chi connectivity index (χ2v) is 6.47. The number of pyridine rings is 2. The van der Waals surface area contributed by atoms with Gasteiger partial charge in [-0.3, -0.25) is 9.78 Å². The van der Waals surface area contributed by atoms with Gasteiger partial charge in [-0.1, -0.05) is 11.6 Å². The SMILES string of the molecule is O=C(NCC(F)(F)c1ncc(-c2ccc(F)nc2)cc1Cl)c1nccnc1C(F)(F)F. The fraction of sp³-hybridized carbons (Fsp3) is 0.167. The summed E-state index contributed by atoms with van der Waals surface area (Å²) in [6, 6.07) is 3.54. The molecule has 0 saturated heterocycles. The topological polar surface area (TPSA) is 80.7 Å². The molecule has 0 aromatic carbocycles. The van der Waals surface area contributed by atoms with Crippen LogP contribution in [0, 0.1) is 5.95 Å². The molecule has 0 aliphatic carbocycles. The number of nitrogens with zero attached hydrogens (tertiary/aromatic N) is 4. The molecule has 0 fully saturated rings. The lowest BCUT2D eigenvalue weighted by Gasteiger charge is -2.18. The summed E-state index contributed by atoms with van der Waals surface area (Å²) in [4.78, 5) is 25.3. The van der Waals surface area contributed by atoms with E-state index < -0.39 is 52.6 Å². The Morgan fingerprint density at radius 2 is 1.61 bits per heavy atom. The highest BCUT2D eigenvalue weighted by Gasteiger charge is 2.40. The molecule has 1 amide bonds. The maximum atomic E-state index is 14.5. The molecule has 162 valence electrons. The molecule has 3 aromatic heterocycles. The second-order valence-electron chi connectivity index (χ2n) is 6.06. The van der Waals surface area contributed by atoms with Crippen LogP contribution < -0.4 is 5.32 Å². The fourth-order valence-corrected chi connectivity index (χ4v) is 2.79. The highest BCUT2D eigenvalue weighted by molar-refractivity contribution is 6.31. The molecule has 0 atom stereocenters. The Morgan fingerprint density at radius 3 is 2.23 bits per heavy atom. The van der Waals surface area contributed by atoms with Crippen LogP contribution in [-0.4, -0.2) is 32.4 Å². The number of nitrogens with one attached hydrogen (secondary N) is 1. The van der Waals surface area contributed by atoms with E-state index >= 15 is 0 Å². The van der Waals surface area contributed by atoms with Crippen LogP contribution in [0.5, 0.6) is 0 Å². The van der Waals surface area contributed by atoms with Gasteiger partial charge in [-0.05, 0) is 18.2 Å². The maximum Gasteiger partial charge on any atom is 0.435 e. The van der Waals surface area contributed by atoms with Crippen LogP contribution >= 0.6 is 11.6 Å². The molecular formula is C18H10ClF6N5O. The first-order valence-electron chi connectivity index (χ1n) is 8.31. The molecule has 31 heavy (non-hydrogen) atoms. The monoisotopic (exact) mass is 461 g/mol. The smallest absolute Gasteiger partial charge is 0.344 e. The van der Waals surface area contributed by atoms with Gasteiger partial charge in [-0.2, -0.15) is 26.3 Å².